The smallest absolute Gasteiger partial charge is 0.116 e. The predicted molar refractivity (Wildman–Crippen MR) is 30.3 cm³/mol. The van der Waals surface area contributed by atoms with E-state index in [1.165, 1.54) is 6.92 Å². The van der Waals surface area contributed by atoms with Crippen molar-refractivity contribution in [3.05, 3.63) is 18.5 Å². The second kappa shape index (κ2) is 5.88. The lowest BCUT2D eigenvalue weighted by molar-refractivity contribution is -0.106. The van der Waals surface area contributed by atoms with E-state index in [1.54, 1.807) is 12.4 Å². The van der Waals surface area contributed by atoms with Crippen LogP contribution in [0.4, 0.5) is 0 Å². The van der Waals surface area contributed by atoms with Crippen molar-refractivity contribution in [2.24, 2.45) is 0 Å². The minimum Gasteiger partial charge on any atom is -0.304 e. The van der Waals surface area contributed by atoms with Crippen molar-refractivity contribution in [3.8, 4) is 0 Å². The van der Waals surface area contributed by atoms with Crippen LogP contribution in [-0.4, -0.2) is 16.5 Å². The van der Waals surface area contributed by atoms with E-state index < -0.39 is 0 Å². The van der Waals surface area contributed by atoms with Gasteiger partial charge in [-0.3, -0.25) is 5.10 Å². The van der Waals surface area contributed by atoms with Gasteiger partial charge in [-0.15, -0.1) is 0 Å². The van der Waals surface area contributed by atoms with Gasteiger partial charge in [-0.25, -0.2) is 0 Å². The lowest BCUT2D eigenvalue weighted by Crippen LogP contribution is -1.53. The zero-order chi connectivity index (χ0) is 6.24. The largest absolute Gasteiger partial charge is 0.304 e. The minimum absolute atomic E-state index is 0.750. The molecule has 0 atom stereocenters. The summed E-state index contributed by atoms with van der Waals surface area (Å²) < 4.78 is 0. The highest BCUT2D eigenvalue weighted by atomic mass is 16.1. The third-order valence-corrected chi connectivity index (χ3v) is 0.406. The van der Waals surface area contributed by atoms with Crippen LogP contribution < -0.4 is 0 Å². The van der Waals surface area contributed by atoms with Gasteiger partial charge < -0.3 is 4.79 Å². The number of nitrogens with zero attached hydrogens (tertiary/aromatic N) is 1. The first-order valence-electron chi connectivity index (χ1n) is 2.25. The zero-order valence-electron chi connectivity index (χ0n) is 4.66. The van der Waals surface area contributed by atoms with Crippen molar-refractivity contribution >= 4 is 6.29 Å². The number of aromatic nitrogens is 2. The first kappa shape index (κ1) is 6.88. The molecule has 0 unspecified atom stereocenters. The molecule has 0 saturated carbocycles. The van der Waals surface area contributed by atoms with Gasteiger partial charge in [0.05, 0.1) is 0 Å². The Kier molecular flexibility index (Phi) is 5.06. The molecule has 0 aliphatic heterocycles. The Bertz CT molecular complexity index is 96.8. The number of nitrogens with one attached hydrogen (secondary N) is 1. The molecular weight excluding hydrogens is 104 g/mol. The van der Waals surface area contributed by atoms with Crippen molar-refractivity contribution in [1.82, 2.24) is 10.2 Å². The molecule has 1 aromatic heterocycles. The molecule has 3 heteroatoms. The lowest BCUT2D eigenvalue weighted by Gasteiger charge is -1.49. The van der Waals surface area contributed by atoms with E-state index in [2.05, 4.69) is 10.2 Å². The molecule has 0 fully saturated rings. The highest BCUT2D eigenvalue weighted by Crippen LogP contribution is 1.64. The third-order valence-electron chi connectivity index (χ3n) is 0.406. The van der Waals surface area contributed by atoms with Crippen molar-refractivity contribution in [3.63, 3.8) is 0 Å². The van der Waals surface area contributed by atoms with Crippen LogP contribution in [0, 0.1) is 0 Å². The summed E-state index contributed by atoms with van der Waals surface area (Å²) in [5.74, 6) is 0. The van der Waals surface area contributed by atoms with Crippen LogP contribution in [0.2, 0.25) is 0 Å². The quantitative estimate of drug-likeness (QED) is 0.500. The fourth-order valence-corrected chi connectivity index (χ4v) is 0.215. The SMILES string of the molecule is CC=O.c1cn[nH]c1. The predicted octanol–water partition coefficient (Wildman–Crippen LogP) is 0.615. The second-order valence-corrected chi connectivity index (χ2v) is 1.00. The molecular formula is C5H8N2O. The van der Waals surface area contributed by atoms with Crippen LogP contribution in [0.3, 0.4) is 0 Å². The van der Waals surface area contributed by atoms with Crippen LogP contribution in [0.5, 0.6) is 0 Å². The van der Waals surface area contributed by atoms with E-state index in [0.717, 1.165) is 6.29 Å². The highest BCUT2D eigenvalue weighted by Gasteiger charge is 1.56. The Hall–Kier alpha value is -1.12. The normalized spacial score (nSPS) is 6.62. The number of aldehydes is 1. The first-order chi connectivity index (χ1) is 3.91. The zero-order valence-corrected chi connectivity index (χ0v) is 4.66. The van der Waals surface area contributed by atoms with Crippen LogP contribution >= 0.6 is 0 Å². The van der Waals surface area contributed by atoms with Gasteiger partial charge in [0.15, 0.2) is 0 Å². The Balaban J connectivity index is 0.000000145. The van der Waals surface area contributed by atoms with Gasteiger partial charge in [-0.2, -0.15) is 5.10 Å². The average molecular weight is 112 g/mol. The summed E-state index contributed by atoms with van der Waals surface area (Å²) in [6.45, 7) is 1.44. The highest BCUT2D eigenvalue weighted by molar-refractivity contribution is 5.44. The Morgan fingerprint density at radius 2 is 2.38 bits per heavy atom. The van der Waals surface area contributed by atoms with E-state index in [0.29, 0.717) is 0 Å². The van der Waals surface area contributed by atoms with E-state index in [4.69, 9.17) is 4.79 Å². The molecule has 1 aromatic rings. The fourth-order valence-electron chi connectivity index (χ4n) is 0.215. The molecule has 44 valence electrons. The molecule has 1 rings (SSSR count). The Morgan fingerprint density at radius 1 is 1.75 bits per heavy atom. The van der Waals surface area contributed by atoms with Gasteiger partial charge in [0, 0.05) is 12.4 Å². The topological polar surface area (TPSA) is 45.8 Å². The summed E-state index contributed by atoms with van der Waals surface area (Å²) >= 11 is 0. The molecule has 0 aliphatic rings. The molecule has 0 saturated heterocycles. The third kappa shape index (κ3) is 4.88. The molecule has 1 heterocycles. The molecule has 0 aliphatic carbocycles. The van der Waals surface area contributed by atoms with E-state index >= 15 is 0 Å². The monoisotopic (exact) mass is 112 g/mol. The number of H-pyrrole nitrogens is 1. The van der Waals surface area contributed by atoms with Crippen LogP contribution in [0.25, 0.3) is 0 Å². The number of hydrogen-bond acceptors (Lipinski definition) is 2. The fraction of sp³-hybridized carbons (Fsp3) is 0.200. The molecule has 0 bridgehead atoms. The number of rotatable bonds is 0. The number of carbonyl (C=O) groups excluding carboxylic acids is 1. The molecule has 1 N–H and O–H groups in total. The van der Waals surface area contributed by atoms with Gasteiger partial charge >= 0.3 is 0 Å². The van der Waals surface area contributed by atoms with Crippen molar-refractivity contribution < 1.29 is 4.79 Å². The van der Waals surface area contributed by atoms with Crippen molar-refractivity contribution in [1.29, 1.82) is 0 Å². The molecule has 0 radical (unpaired) electrons. The summed E-state index contributed by atoms with van der Waals surface area (Å²) in [4.78, 5) is 8.81. The maximum Gasteiger partial charge on any atom is 0.116 e. The van der Waals surface area contributed by atoms with Crippen molar-refractivity contribution in [2.45, 2.75) is 6.92 Å². The molecule has 0 amide bonds. The summed E-state index contributed by atoms with van der Waals surface area (Å²) in [6.07, 6.45) is 4.21. The van der Waals surface area contributed by atoms with Gasteiger partial charge in [0.25, 0.3) is 0 Å². The minimum atomic E-state index is 0.750. The summed E-state index contributed by atoms with van der Waals surface area (Å²) in [7, 11) is 0. The van der Waals surface area contributed by atoms with Gasteiger partial charge in [-0.1, -0.05) is 0 Å². The van der Waals surface area contributed by atoms with Gasteiger partial charge in [0.2, 0.25) is 0 Å². The molecule has 0 spiro atoms. The lowest BCUT2D eigenvalue weighted by atomic mass is 10.8. The molecule has 3 nitrogen and oxygen atoms in total. The van der Waals surface area contributed by atoms with E-state index in [1.807, 2.05) is 6.07 Å². The summed E-state index contributed by atoms with van der Waals surface area (Å²) in [5.41, 5.74) is 0. The Labute approximate surface area is 47.7 Å². The number of carbonyl (C=O) groups is 1. The van der Waals surface area contributed by atoms with Gasteiger partial charge in [-0.05, 0) is 13.0 Å². The van der Waals surface area contributed by atoms with Crippen LogP contribution in [0.1, 0.15) is 6.92 Å². The first-order valence-corrected chi connectivity index (χ1v) is 2.25. The maximum atomic E-state index is 8.81. The Morgan fingerprint density at radius 3 is 2.50 bits per heavy atom. The molecule has 8 heavy (non-hydrogen) atoms. The summed E-state index contributed by atoms with van der Waals surface area (Å²) in [5, 5.41) is 6.21. The maximum absolute atomic E-state index is 8.81. The standard InChI is InChI=1S/C3H4N2.C2H4O/c1-2-4-5-3-1;1-2-3/h1-3H,(H,4,5);2H,1H3. The van der Waals surface area contributed by atoms with Gasteiger partial charge in [0.1, 0.15) is 6.29 Å². The number of aromatic amines is 1. The van der Waals surface area contributed by atoms with E-state index in [-0.39, 0.29) is 0 Å². The van der Waals surface area contributed by atoms with Crippen LogP contribution in [-0.2, 0) is 4.79 Å². The van der Waals surface area contributed by atoms with Crippen molar-refractivity contribution in [2.75, 3.05) is 0 Å². The van der Waals surface area contributed by atoms with Crippen LogP contribution in [0.15, 0.2) is 18.5 Å². The molecule has 0 aromatic carbocycles. The van der Waals surface area contributed by atoms with E-state index in [9.17, 15) is 0 Å². The number of hydrogen-bond donors (Lipinski definition) is 1. The second-order valence-electron chi connectivity index (χ2n) is 1.00. The average Bonchev–Trinajstić information content (AvgIpc) is 2.17. The summed E-state index contributed by atoms with van der Waals surface area (Å²) in [6, 6.07) is 1.83.